The Morgan fingerprint density at radius 1 is 0.737 bits per heavy atom. The summed E-state index contributed by atoms with van der Waals surface area (Å²) in [6.07, 6.45) is 17.7. The lowest BCUT2D eigenvalue weighted by Crippen LogP contribution is -2.30. The van der Waals surface area contributed by atoms with Crippen molar-refractivity contribution < 1.29 is 8.85 Å². The molecule has 0 aromatic heterocycles. The number of rotatable bonds is 12. The Bertz CT molecular complexity index is 223. The highest BCUT2D eigenvalue weighted by Crippen LogP contribution is 2.09. The molecule has 0 unspecified atom stereocenters. The highest BCUT2D eigenvalue weighted by molar-refractivity contribution is 6.64. The summed E-state index contributed by atoms with van der Waals surface area (Å²) >= 11 is 0. The summed E-state index contributed by atoms with van der Waals surface area (Å²) in [5.41, 5.74) is 0. The van der Waals surface area contributed by atoms with Crippen molar-refractivity contribution in [2.75, 3.05) is 0 Å². The van der Waals surface area contributed by atoms with Gasteiger partial charge in [-0.15, -0.1) is 0 Å². The van der Waals surface area contributed by atoms with Gasteiger partial charge in [0.15, 0.2) is 0 Å². The molecule has 0 atom stereocenters. The van der Waals surface area contributed by atoms with Crippen LogP contribution in [-0.4, -0.2) is 8.56 Å². The summed E-state index contributed by atoms with van der Waals surface area (Å²) in [6.45, 7) is 8.58. The molecule has 0 radical (unpaired) electrons. The maximum absolute atomic E-state index is 5.72. The van der Waals surface area contributed by atoms with Crippen molar-refractivity contribution in [1.29, 1.82) is 0 Å². The first-order valence-corrected chi connectivity index (χ1v) is 10.6. The molecular formula is C16H32O2Si. The second-order valence-electron chi connectivity index (χ2n) is 5.37. The summed E-state index contributed by atoms with van der Waals surface area (Å²) in [5.74, 6) is 0. The standard InChI is InChI=1S/C16H32O2Si/c1-5-7-9-11-13-15-17-19(3,4)18-16-14-12-10-8-6-2/h13-16H,5-12H2,1-4H3/b15-13+,16-14+. The summed E-state index contributed by atoms with van der Waals surface area (Å²) in [7, 11) is -2.01. The molecular weight excluding hydrogens is 252 g/mol. The van der Waals surface area contributed by atoms with Gasteiger partial charge >= 0.3 is 8.56 Å². The third-order valence-corrected chi connectivity index (χ3v) is 4.25. The molecule has 0 rings (SSSR count). The molecule has 0 N–H and O–H groups in total. The fraction of sp³-hybridized carbons (Fsp3) is 0.750. The van der Waals surface area contributed by atoms with E-state index in [1.54, 1.807) is 0 Å². The van der Waals surface area contributed by atoms with Crippen molar-refractivity contribution in [3.8, 4) is 0 Å². The van der Waals surface area contributed by atoms with Gasteiger partial charge in [-0.3, -0.25) is 0 Å². The number of hydrogen-bond donors (Lipinski definition) is 0. The second-order valence-corrected chi connectivity index (χ2v) is 8.64. The molecule has 0 saturated heterocycles. The largest absolute Gasteiger partial charge is 0.519 e. The Morgan fingerprint density at radius 3 is 1.53 bits per heavy atom. The fourth-order valence-electron chi connectivity index (χ4n) is 1.61. The fourth-order valence-corrected chi connectivity index (χ4v) is 2.52. The van der Waals surface area contributed by atoms with Crippen molar-refractivity contribution in [3.05, 3.63) is 24.7 Å². The smallest absolute Gasteiger partial charge is 0.453 e. The van der Waals surface area contributed by atoms with Crippen LogP contribution < -0.4 is 0 Å². The summed E-state index contributed by atoms with van der Waals surface area (Å²) < 4.78 is 11.4. The van der Waals surface area contributed by atoms with Crippen LogP contribution in [0.25, 0.3) is 0 Å². The topological polar surface area (TPSA) is 18.5 Å². The molecule has 0 aliphatic rings. The predicted molar refractivity (Wildman–Crippen MR) is 86.2 cm³/mol. The molecule has 0 aliphatic carbocycles. The molecule has 2 nitrogen and oxygen atoms in total. The average molecular weight is 285 g/mol. The van der Waals surface area contributed by atoms with Crippen molar-refractivity contribution in [1.82, 2.24) is 0 Å². The van der Waals surface area contributed by atoms with Crippen LogP contribution in [0.15, 0.2) is 24.7 Å². The SMILES string of the molecule is CCCCC/C=C/O[Si](C)(C)O/C=C/CCCCC. The normalized spacial score (nSPS) is 12.4. The average Bonchev–Trinajstić information content (AvgIpc) is 2.38. The van der Waals surface area contributed by atoms with Crippen LogP contribution in [0.3, 0.4) is 0 Å². The van der Waals surface area contributed by atoms with E-state index in [0.717, 1.165) is 12.8 Å². The van der Waals surface area contributed by atoms with Gasteiger partial charge in [0.1, 0.15) is 0 Å². The van der Waals surface area contributed by atoms with E-state index in [1.807, 2.05) is 12.5 Å². The Labute approximate surface area is 121 Å². The second kappa shape index (κ2) is 12.3. The molecule has 0 amide bonds. The van der Waals surface area contributed by atoms with Crippen molar-refractivity contribution in [2.24, 2.45) is 0 Å². The lowest BCUT2D eigenvalue weighted by Gasteiger charge is -2.19. The first-order valence-electron chi connectivity index (χ1n) is 7.78. The molecule has 0 aliphatic heterocycles. The first-order chi connectivity index (χ1) is 9.12. The monoisotopic (exact) mass is 284 g/mol. The van der Waals surface area contributed by atoms with Crippen LogP contribution in [0, 0.1) is 0 Å². The van der Waals surface area contributed by atoms with E-state index in [4.69, 9.17) is 8.85 Å². The third-order valence-electron chi connectivity index (χ3n) is 2.84. The van der Waals surface area contributed by atoms with Gasteiger partial charge in [0, 0.05) is 13.1 Å². The van der Waals surface area contributed by atoms with Gasteiger partial charge in [-0.05, 0) is 25.7 Å². The highest BCUT2D eigenvalue weighted by atomic mass is 28.4. The van der Waals surface area contributed by atoms with E-state index in [1.165, 1.54) is 38.5 Å². The van der Waals surface area contributed by atoms with E-state index < -0.39 is 8.56 Å². The van der Waals surface area contributed by atoms with E-state index in [2.05, 4.69) is 39.1 Å². The van der Waals surface area contributed by atoms with Gasteiger partial charge in [0.05, 0.1) is 12.5 Å². The van der Waals surface area contributed by atoms with Gasteiger partial charge in [0.25, 0.3) is 0 Å². The lowest BCUT2D eigenvalue weighted by atomic mass is 10.2. The van der Waals surface area contributed by atoms with E-state index in [-0.39, 0.29) is 0 Å². The molecule has 3 heteroatoms. The van der Waals surface area contributed by atoms with Gasteiger partial charge in [-0.1, -0.05) is 51.7 Å². The van der Waals surface area contributed by atoms with Crippen LogP contribution in [0.4, 0.5) is 0 Å². The minimum absolute atomic E-state index is 1.10. The molecule has 0 aromatic carbocycles. The predicted octanol–water partition coefficient (Wildman–Crippen LogP) is 5.91. The van der Waals surface area contributed by atoms with Crippen molar-refractivity contribution >= 4 is 8.56 Å². The maximum atomic E-state index is 5.72. The molecule has 0 bridgehead atoms. The van der Waals surface area contributed by atoms with Crippen LogP contribution in [0.5, 0.6) is 0 Å². The van der Waals surface area contributed by atoms with Gasteiger partial charge in [-0.2, -0.15) is 0 Å². The minimum atomic E-state index is -2.01. The van der Waals surface area contributed by atoms with Crippen LogP contribution in [0.1, 0.15) is 65.2 Å². The lowest BCUT2D eigenvalue weighted by molar-refractivity contribution is 0.318. The van der Waals surface area contributed by atoms with Gasteiger partial charge in [-0.25, -0.2) is 0 Å². The van der Waals surface area contributed by atoms with Crippen molar-refractivity contribution in [2.45, 2.75) is 78.3 Å². The summed E-state index contributed by atoms with van der Waals surface area (Å²) in [4.78, 5) is 0. The van der Waals surface area contributed by atoms with Gasteiger partial charge in [0.2, 0.25) is 0 Å². The highest BCUT2D eigenvalue weighted by Gasteiger charge is 2.25. The zero-order valence-corrected chi connectivity index (χ0v) is 14.3. The minimum Gasteiger partial charge on any atom is -0.519 e. The molecule has 0 heterocycles. The maximum Gasteiger partial charge on any atom is 0.453 e. The number of allylic oxidation sites excluding steroid dienone is 2. The zero-order chi connectivity index (χ0) is 14.4. The van der Waals surface area contributed by atoms with E-state index >= 15 is 0 Å². The van der Waals surface area contributed by atoms with E-state index in [9.17, 15) is 0 Å². The summed E-state index contributed by atoms with van der Waals surface area (Å²) in [6, 6.07) is 0. The first kappa shape index (κ1) is 18.3. The molecule has 19 heavy (non-hydrogen) atoms. The Kier molecular flexibility index (Phi) is 11.9. The molecule has 0 spiro atoms. The Balaban J connectivity index is 3.66. The zero-order valence-electron chi connectivity index (χ0n) is 13.3. The Morgan fingerprint density at radius 2 is 1.16 bits per heavy atom. The number of hydrogen-bond acceptors (Lipinski definition) is 2. The molecule has 0 saturated carbocycles. The molecule has 0 aromatic rings. The number of unbranched alkanes of at least 4 members (excludes halogenated alkanes) is 6. The van der Waals surface area contributed by atoms with E-state index in [0.29, 0.717) is 0 Å². The Hall–Kier alpha value is -0.703. The third kappa shape index (κ3) is 13.5. The molecule has 112 valence electrons. The summed E-state index contributed by atoms with van der Waals surface area (Å²) in [5, 5.41) is 0. The quantitative estimate of drug-likeness (QED) is 0.252. The van der Waals surface area contributed by atoms with Gasteiger partial charge < -0.3 is 8.85 Å². The van der Waals surface area contributed by atoms with Crippen molar-refractivity contribution in [3.63, 3.8) is 0 Å². The van der Waals surface area contributed by atoms with Crippen LogP contribution in [-0.2, 0) is 8.85 Å². The van der Waals surface area contributed by atoms with Crippen LogP contribution >= 0.6 is 0 Å². The molecule has 0 fully saturated rings. The van der Waals surface area contributed by atoms with Crippen LogP contribution in [0.2, 0.25) is 13.1 Å².